The second kappa shape index (κ2) is 7.20. The third-order valence-electron chi connectivity index (χ3n) is 3.38. The van der Waals surface area contributed by atoms with Crippen molar-refractivity contribution in [3.63, 3.8) is 0 Å². The monoisotopic (exact) mass is 300 g/mol. The molecule has 0 aliphatic carbocycles. The molecule has 0 bridgehead atoms. The summed E-state index contributed by atoms with van der Waals surface area (Å²) in [6, 6.07) is 9.85. The van der Waals surface area contributed by atoms with E-state index in [1.54, 1.807) is 0 Å². The van der Waals surface area contributed by atoms with Crippen molar-refractivity contribution in [1.82, 2.24) is 0 Å². The van der Waals surface area contributed by atoms with Gasteiger partial charge in [0, 0.05) is 0 Å². The quantitative estimate of drug-likeness (QED) is 0.786. The molecular weight excluding hydrogens is 276 g/mol. The zero-order valence-electron chi connectivity index (χ0n) is 12.4. The molecule has 0 heterocycles. The molecule has 0 saturated heterocycles. The van der Waals surface area contributed by atoms with Gasteiger partial charge in [-0.2, -0.15) is 8.42 Å². The highest BCUT2D eigenvalue weighted by Crippen LogP contribution is 2.29. The molecule has 5 heteroatoms. The van der Waals surface area contributed by atoms with Crippen molar-refractivity contribution in [2.45, 2.75) is 33.8 Å². The summed E-state index contributed by atoms with van der Waals surface area (Å²) in [5, 5.41) is 0. The summed E-state index contributed by atoms with van der Waals surface area (Å²) in [7, 11) is -3.91. The molecule has 114 valence electrons. The molecule has 1 aromatic carbocycles. The van der Waals surface area contributed by atoms with Crippen LogP contribution in [0.25, 0.3) is 0 Å². The first-order valence-electron chi connectivity index (χ1n) is 6.75. The Bertz CT molecular complexity index is 488. The van der Waals surface area contributed by atoms with Crippen molar-refractivity contribution in [3.05, 3.63) is 35.9 Å². The van der Waals surface area contributed by atoms with Gasteiger partial charge in [-0.3, -0.25) is 4.55 Å². The Morgan fingerprint density at radius 3 is 2.30 bits per heavy atom. The van der Waals surface area contributed by atoms with Gasteiger partial charge in [0.25, 0.3) is 10.1 Å². The molecule has 0 aliphatic heterocycles. The van der Waals surface area contributed by atoms with Crippen molar-refractivity contribution >= 4 is 10.1 Å². The van der Waals surface area contributed by atoms with Crippen LogP contribution in [0.1, 0.15) is 32.8 Å². The van der Waals surface area contributed by atoms with Crippen LogP contribution in [0.2, 0.25) is 0 Å². The van der Waals surface area contributed by atoms with E-state index in [2.05, 4.69) is 0 Å². The average molecular weight is 300 g/mol. The second-order valence-electron chi connectivity index (χ2n) is 6.14. The first-order valence-corrected chi connectivity index (χ1v) is 8.36. The van der Waals surface area contributed by atoms with Crippen LogP contribution < -0.4 is 0 Å². The predicted molar refractivity (Wildman–Crippen MR) is 80.1 cm³/mol. The fourth-order valence-electron chi connectivity index (χ4n) is 1.95. The maximum Gasteiger partial charge on any atom is 0.264 e. The van der Waals surface area contributed by atoms with E-state index in [1.165, 1.54) is 0 Å². The fourth-order valence-corrected chi connectivity index (χ4v) is 2.53. The highest BCUT2D eigenvalue weighted by atomic mass is 32.2. The standard InChI is InChI=1S/C15H24O4S/c1-15(2,3)14(9-10-20(16,17)18)12-19-11-13-7-5-4-6-8-13/h4-8,14H,9-12H2,1-3H3,(H,16,17,18). The summed E-state index contributed by atoms with van der Waals surface area (Å²) < 4.78 is 36.3. The Balaban J connectivity index is 2.49. The van der Waals surface area contributed by atoms with Gasteiger partial charge in [0.1, 0.15) is 0 Å². The van der Waals surface area contributed by atoms with E-state index in [0.29, 0.717) is 19.6 Å². The van der Waals surface area contributed by atoms with Crippen LogP contribution in [-0.4, -0.2) is 25.3 Å². The van der Waals surface area contributed by atoms with E-state index in [-0.39, 0.29) is 17.1 Å². The first kappa shape index (κ1) is 17.1. The van der Waals surface area contributed by atoms with Crippen molar-refractivity contribution < 1.29 is 17.7 Å². The lowest BCUT2D eigenvalue weighted by Gasteiger charge is -2.30. The van der Waals surface area contributed by atoms with Crippen molar-refractivity contribution in [2.24, 2.45) is 11.3 Å². The second-order valence-corrected chi connectivity index (χ2v) is 7.71. The van der Waals surface area contributed by atoms with E-state index >= 15 is 0 Å². The lowest BCUT2D eigenvalue weighted by Crippen LogP contribution is -2.27. The van der Waals surface area contributed by atoms with Gasteiger partial charge in [-0.15, -0.1) is 0 Å². The third-order valence-corrected chi connectivity index (χ3v) is 4.13. The van der Waals surface area contributed by atoms with Gasteiger partial charge in [-0.1, -0.05) is 51.1 Å². The number of ether oxygens (including phenoxy) is 1. The Hall–Kier alpha value is -0.910. The Kier molecular flexibility index (Phi) is 6.17. The molecule has 0 aliphatic rings. The Labute approximate surface area is 121 Å². The number of hydrogen-bond acceptors (Lipinski definition) is 3. The Morgan fingerprint density at radius 1 is 1.20 bits per heavy atom. The van der Waals surface area contributed by atoms with Gasteiger partial charge >= 0.3 is 0 Å². The highest BCUT2D eigenvalue weighted by molar-refractivity contribution is 7.85. The maximum atomic E-state index is 10.9. The molecule has 0 saturated carbocycles. The smallest absolute Gasteiger partial charge is 0.264 e. The van der Waals surface area contributed by atoms with Crippen LogP contribution in [0.15, 0.2) is 30.3 Å². The molecule has 20 heavy (non-hydrogen) atoms. The van der Waals surface area contributed by atoms with E-state index in [0.717, 1.165) is 5.56 Å². The van der Waals surface area contributed by atoms with E-state index in [1.807, 2.05) is 51.1 Å². The number of hydrogen-bond donors (Lipinski definition) is 1. The van der Waals surface area contributed by atoms with Gasteiger partial charge in [-0.05, 0) is 23.3 Å². The van der Waals surface area contributed by atoms with Gasteiger partial charge in [0.05, 0.1) is 19.0 Å². The third kappa shape index (κ3) is 7.03. The summed E-state index contributed by atoms with van der Waals surface area (Å²) in [5.41, 5.74) is 1.02. The largest absolute Gasteiger partial charge is 0.376 e. The van der Waals surface area contributed by atoms with E-state index in [9.17, 15) is 8.42 Å². The fraction of sp³-hybridized carbons (Fsp3) is 0.600. The van der Waals surface area contributed by atoms with Crippen molar-refractivity contribution in [1.29, 1.82) is 0 Å². The minimum Gasteiger partial charge on any atom is -0.376 e. The van der Waals surface area contributed by atoms with Crippen molar-refractivity contribution in [2.75, 3.05) is 12.4 Å². The lowest BCUT2D eigenvalue weighted by molar-refractivity contribution is 0.0442. The summed E-state index contributed by atoms with van der Waals surface area (Å²) in [6.45, 7) is 7.14. The molecule has 1 N–H and O–H groups in total. The van der Waals surface area contributed by atoms with E-state index < -0.39 is 10.1 Å². The number of benzene rings is 1. The zero-order chi connectivity index (χ0) is 15.2. The van der Waals surface area contributed by atoms with Gasteiger partial charge in [0.2, 0.25) is 0 Å². The molecule has 1 aromatic rings. The normalized spacial score (nSPS) is 14.2. The number of rotatable bonds is 7. The SMILES string of the molecule is CC(C)(C)C(CCS(=O)(=O)O)COCc1ccccc1. The lowest BCUT2D eigenvalue weighted by atomic mass is 9.80. The molecule has 1 atom stereocenters. The van der Waals surface area contributed by atoms with Crippen molar-refractivity contribution in [3.8, 4) is 0 Å². The average Bonchev–Trinajstić information content (AvgIpc) is 2.32. The van der Waals surface area contributed by atoms with Gasteiger partial charge in [0.15, 0.2) is 0 Å². The van der Waals surface area contributed by atoms with Crippen LogP contribution >= 0.6 is 0 Å². The van der Waals surface area contributed by atoms with E-state index in [4.69, 9.17) is 9.29 Å². The van der Waals surface area contributed by atoms with Crippen LogP contribution in [-0.2, 0) is 21.5 Å². The zero-order valence-corrected chi connectivity index (χ0v) is 13.2. The molecule has 0 radical (unpaired) electrons. The highest BCUT2D eigenvalue weighted by Gasteiger charge is 2.26. The molecule has 4 nitrogen and oxygen atoms in total. The van der Waals surface area contributed by atoms with Crippen LogP contribution in [0.4, 0.5) is 0 Å². The van der Waals surface area contributed by atoms with Crippen LogP contribution in [0.5, 0.6) is 0 Å². The maximum absolute atomic E-state index is 10.9. The molecule has 0 fully saturated rings. The van der Waals surface area contributed by atoms with Crippen LogP contribution in [0.3, 0.4) is 0 Å². The summed E-state index contributed by atoms with van der Waals surface area (Å²) in [4.78, 5) is 0. The molecule has 1 unspecified atom stereocenters. The minimum absolute atomic E-state index is 0.0681. The molecule has 1 rings (SSSR count). The first-order chi connectivity index (χ1) is 9.18. The summed E-state index contributed by atoms with van der Waals surface area (Å²) >= 11 is 0. The van der Waals surface area contributed by atoms with Gasteiger partial charge < -0.3 is 4.74 Å². The Morgan fingerprint density at radius 2 is 1.80 bits per heavy atom. The van der Waals surface area contributed by atoms with Crippen LogP contribution in [0, 0.1) is 11.3 Å². The molecular formula is C15H24O4S. The summed E-state index contributed by atoms with van der Waals surface area (Å²) in [5.74, 6) is -0.142. The molecule has 0 amide bonds. The minimum atomic E-state index is -3.91. The molecule has 0 aromatic heterocycles. The predicted octanol–water partition coefficient (Wildman–Crippen LogP) is 3.14. The topological polar surface area (TPSA) is 63.6 Å². The molecule has 0 spiro atoms. The summed E-state index contributed by atoms with van der Waals surface area (Å²) in [6.07, 6.45) is 0.400. The van der Waals surface area contributed by atoms with Gasteiger partial charge in [-0.25, -0.2) is 0 Å².